The zero-order valence-corrected chi connectivity index (χ0v) is 13.8. The minimum Gasteiger partial charge on any atom is -0.378 e. The van der Waals surface area contributed by atoms with E-state index in [0.29, 0.717) is 5.92 Å². The maximum atomic E-state index is 12.7. The van der Waals surface area contributed by atoms with Crippen molar-refractivity contribution >= 4 is 11.7 Å². The smallest absolute Gasteiger partial charge is 0.228 e. The van der Waals surface area contributed by atoms with Crippen LogP contribution in [0.2, 0.25) is 0 Å². The van der Waals surface area contributed by atoms with Gasteiger partial charge < -0.3 is 14.5 Å². The maximum absolute atomic E-state index is 12.7. The minimum atomic E-state index is 0.0437. The molecule has 3 fully saturated rings. The maximum Gasteiger partial charge on any atom is 0.228 e. The number of nitrogens with one attached hydrogen (secondary N) is 1. The van der Waals surface area contributed by atoms with Crippen molar-refractivity contribution in [3.8, 4) is 0 Å². The Morgan fingerprint density at radius 1 is 1.26 bits per heavy atom. The van der Waals surface area contributed by atoms with Crippen LogP contribution in [0.15, 0.2) is 6.07 Å². The number of aromatic nitrogens is 2. The number of amides is 1. The van der Waals surface area contributed by atoms with Crippen molar-refractivity contribution in [3.63, 3.8) is 0 Å². The fourth-order valence-electron chi connectivity index (χ4n) is 3.73. The van der Waals surface area contributed by atoms with E-state index in [2.05, 4.69) is 21.2 Å². The Labute approximate surface area is 137 Å². The minimum absolute atomic E-state index is 0.0437. The molecule has 4 rings (SSSR count). The summed E-state index contributed by atoms with van der Waals surface area (Å²) >= 11 is 0. The van der Waals surface area contributed by atoms with Crippen molar-refractivity contribution in [3.05, 3.63) is 11.8 Å². The van der Waals surface area contributed by atoms with Crippen molar-refractivity contribution < 1.29 is 9.53 Å². The van der Waals surface area contributed by atoms with Crippen molar-refractivity contribution in [2.75, 3.05) is 37.7 Å². The van der Waals surface area contributed by atoms with E-state index in [4.69, 9.17) is 4.74 Å². The summed E-state index contributed by atoms with van der Waals surface area (Å²) in [7, 11) is 0. The summed E-state index contributed by atoms with van der Waals surface area (Å²) in [6.45, 7) is 6.12. The average molecular weight is 318 g/mol. The molecule has 6 nitrogen and oxygen atoms in total. The largest absolute Gasteiger partial charge is 0.378 e. The van der Waals surface area contributed by atoms with Gasteiger partial charge in [0.2, 0.25) is 5.91 Å². The van der Waals surface area contributed by atoms with Crippen LogP contribution in [-0.2, 0) is 9.53 Å². The Kier molecular flexibility index (Phi) is 4.01. The van der Waals surface area contributed by atoms with Crippen LogP contribution in [0.1, 0.15) is 44.2 Å². The van der Waals surface area contributed by atoms with Crippen LogP contribution in [-0.4, -0.2) is 59.9 Å². The zero-order chi connectivity index (χ0) is 15.8. The van der Waals surface area contributed by atoms with Gasteiger partial charge in [-0.05, 0) is 32.6 Å². The highest BCUT2D eigenvalue weighted by Crippen LogP contribution is 2.39. The van der Waals surface area contributed by atoms with Crippen LogP contribution in [0, 0.1) is 5.92 Å². The fraction of sp³-hybridized carbons (Fsp3) is 0.765. The number of anilines is 1. The van der Waals surface area contributed by atoms with Crippen LogP contribution in [0.5, 0.6) is 0 Å². The molecular formula is C17H26N4O2. The van der Waals surface area contributed by atoms with Gasteiger partial charge >= 0.3 is 0 Å². The molecule has 0 unspecified atom stereocenters. The van der Waals surface area contributed by atoms with E-state index in [1.807, 2.05) is 11.8 Å². The fourth-order valence-corrected chi connectivity index (χ4v) is 3.73. The van der Waals surface area contributed by atoms with Crippen LogP contribution in [0.25, 0.3) is 0 Å². The van der Waals surface area contributed by atoms with Crippen LogP contribution in [0.3, 0.4) is 0 Å². The van der Waals surface area contributed by atoms with Gasteiger partial charge in [0.05, 0.1) is 12.0 Å². The lowest BCUT2D eigenvalue weighted by Crippen LogP contribution is -2.52. The highest BCUT2D eigenvalue weighted by molar-refractivity contribution is 5.79. The molecule has 2 saturated heterocycles. The Balaban J connectivity index is 1.33. The summed E-state index contributed by atoms with van der Waals surface area (Å²) in [5, 5.41) is 7.62. The highest BCUT2D eigenvalue weighted by atomic mass is 16.5. The van der Waals surface area contributed by atoms with E-state index in [-0.39, 0.29) is 17.9 Å². The molecule has 23 heavy (non-hydrogen) atoms. The van der Waals surface area contributed by atoms with Crippen molar-refractivity contribution in [2.24, 2.45) is 5.92 Å². The van der Waals surface area contributed by atoms with Crippen molar-refractivity contribution in [2.45, 2.75) is 44.6 Å². The van der Waals surface area contributed by atoms with Crippen LogP contribution >= 0.6 is 0 Å². The first-order chi connectivity index (χ1) is 11.2. The lowest BCUT2D eigenvalue weighted by Gasteiger charge is -2.38. The van der Waals surface area contributed by atoms with E-state index < -0.39 is 0 Å². The second kappa shape index (κ2) is 6.15. The molecule has 1 N–H and O–H groups in total. The second-order valence-corrected chi connectivity index (χ2v) is 7.09. The molecule has 2 atom stereocenters. The second-order valence-electron chi connectivity index (χ2n) is 7.09. The predicted molar refractivity (Wildman–Crippen MR) is 87.5 cm³/mol. The van der Waals surface area contributed by atoms with Crippen LogP contribution < -0.4 is 4.90 Å². The molecule has 0 bridgehead atoms. The molecule has 2 aliphatic heterocycles. The molecule has 3 heterocycles. The SMILES string of the molecule is C[C@H]1OCCC[C@H]1C(=O)N1CCN(c2cc(C3CC3)[nH]n2)CC1. The Bertz CT molecular complexity index is 561. The Morgan fingerprint density at radius 2 is 2.04 bits per heavy atom. The van der Waals surface area contributed by atoms with Gasteiger partial charge in [-0.2, -0.15) is 5.10 Å². The van der Waals surface area contributed by atoms with E-state index in [1.54, 1.807) is 0 Å². The third-order valence-corrected chi connectivity index (χ3v) is 5.44. The lowest BCUT2D eigenvalue weighted by atomic mass is 9.93. The normalized spacial score (nSPS) is 28.9. The molecule has 1 aliphatic carbocycles. The monoisotopic (exact) mass is 318 g/mol. The Morgan fingerprint density at radius 3 is 2.74 bits per heavy atom. The number of hydrogen-bond acceptors (Lipinski definition) is 4. The van der Waals surface area contributed by atoms with Gasteiger partial charge in [0.15, 0.2) is 5.82 Å². The summed E-state index contributed by atoms with van der Waals surface area (Å²) in [5.41, 5.74) is 1.27. The molecular weight excluding hydrogens is 292 g/mol. The molecule has 1 aromatic rings. The first kappa shape index (κ1) is 15.0. The number of nitrogens with zero attached hydrogens (tertiary/aromatic N) is 3. The average Bonchev–Trinajstić information content (AvgIpc) is 3.32. The summed E-state index contributed by atoms with van der Waals surface area (Å²) in [6.07, 6.45) is 4.58. The molecule has 126 valence electrons. The molecule has 6 heteroatoms. The van der Waals surface area contributed by atoms with Gasteiger partial charge in [-0.3, -0.25) is 9.89 Å². The number of carbonyl (C=O) groups excluding carboxylic acids is 1. The zero-order valence-electron chi connectivity index (χ0n) is 13.8. The summed E-state index contributed by atoms with van der Waals surface area (Å²) < 4.78 is 5.65. The highest BCUT2D eigenvalue weighted by Gasteiger charge is 2.34. The molecule has 0 aromatic carbocycles. The van der Waals surface area contributed by atoms with Crippen molar-refractivity contribution in [1.29, 1.82) is 0 Å². The number of H-pyrrole nitrogens is 1. The number of hydrogen-bond donors (Lipinski definition) is 1. The van der Waals surface area contributed by atoms with Gasteiger partial charge in [0.1, 0.15) is 0 Å². The van der Waals surface area contributed by atoms with Gasteiger partial charge in [0.25, 0.3) is 0 Å². The van der Waals surface area contributed by atoms with E-state index >= 15 is 0 Å². The third-order valence-electron chi connectivity index (χ3n) is 5.44. The molecule has 0 radical (unpaired) electrons. The van der Waals surface area contributed by atoms with Gasteiger partial charge in [-0.25, -0.2) is 0 Å². The number of rotatable bonds is 3. The Hall–Kier alpha value is -1.56. The van der Waals surface area contributed by atoms with Gasteiger partial charge in [0, 0.05) is 50.5 Å². The molecule has 0 spiro atoms. The summed E-state index contributed by atoms with van der Waals surface area (Å²) in [4.78, 5) is 17.0. The molecule has 1 saturated carbocycles. The number of piperazine rings is 1. The van der Waals surface area contributed by atoms with Gasteiger partial charge in [-0.1, -0.05) is 0 Å². The van der Waals surface area contributed by atoms with E-state index in [1.165, 1.54) is 18.5 Å². The predicted octanol–water partition coefficient (Wildman–Crippen LogP) is 1.75. The molecule has 3 aliphatic rings. The standard InChI is InChI=1S/C17H26N4O2/c1-12-14(3-2-10-23-12)17(22)21-8-6-20(7-9-21)16-11-15(18-19-16)13-4-5-13/h11-14H,2-10H2,1H3,(H,18,19)/t12-,14-/m1/s1. The van der Waals surface area contributed by atoms with E-state index in [0.717, 1.165) is 51.4 Å². The number of ether oxygens (including phenoxy) is 1. The van der Waals surface area contributed by atoms with E-state index in [9.17, 15) is 4.79 Å². The quantitative estimate of drug-likeness (QED) is 0.922. The first-order valence-corrected chi connectivity index (χ1v) is 8.93. The summed E-state index contributed by atoms with van der Waals surface area (Å²) in [6, 6.07) is 2.19. The number of carbonyl (C=O) groups is 1. The van der Waals surface area contributed by atoms with Crippen molar-refractivity contribution in [1.82, 2.24) is 15.1 Å². The third kappa shape index (κ3) is 3.09. The summed E-state index contributed by atoms with van der Waals surface area (Å²) in [5.74, 6) is 2.06. The molecule has 1 aromatic heterocycles. The molecule has 1 amide bonds. The first-order valence-electron chi connectivity index (χ1n) is 8.93. The topological polar surface area (TPSA) is 61.5 Å². The lowest BCUT2D eigenvalue weighted by molar-refractivity contribution is -0.144. The van der Waals surface area contributed by atoms with Crippen LogP contribution in [0.4, 0.5) is 5.82 Å². The van der Waals surface area contributed by atoms with Gasteiger partial charge in [-0.15, -0.1) is 0 Å². The number of aromatic amines is 1.